The lowest BCUT2D eigenvalue weighted by Crippen LogP contribution is -2.54. The Morgan fingerprint density at radius 2 is 1.80 bits per heavy atom. The molecule has 0 aromatic carbocycles. The van der Waals surface area contributed by atoms with E-state index in [1.165, 1.54) is 44.2 Å². The number of hydrogen-bond donors (Lipinski definition) is 1. The third kappa shape index (κ3) is 2.18. The van der Waals surface area contributed by atoms with Crippen LogP contribution >= 0.6 is 0 Å². The highest BCUT2D eigenvalue weighted by atomic mass is 14.9. The standard InChI is InChI=1S/C18H26N2/c1-13(20-12-17-4-2-3-5-19-17)18-9-14-6-15(10-18)8-16(7-14)11-18/h2-5,13-16,20H,6-12H2,1H3/t13-,14?,15?,16?,18?/m1/s1. The normalized spacial score (nSPS) is 40.0. The zero-order valence-corrected chi connectivity index (χ0v) is 12.5. The summed E-state index contributed by atoms with van der Waals surface area (Å²) in [5.74, 6) is 3.13. The third-order valence-electron chi connectivity index (χ3n) is 6.32. The summed E-state index contributed by atoms with van der Waals surface area (Å²) in [4.78, 5) is 4.43. The summed E-state index contributed by atoms with van der Waals surface area (Å²) >= 11 is 0. The second-order valence-corrected chi connectivity index (χ2v) is 7.70. The average molecular weight is 270 g/mol. The quantitative estimate of drug-likeness (QED) is 0.900. The first-order valence-electron chi connectivity index (χ1n) is 8.37. The Kier molecular flexibility index (Phi) is 3.10. The van der Waals surface area contributed by atoms with Crippen molar-refractivity contribution in [2.45, 2.75) is 58.0 Å². The fourth-order valence-corrected chi connectivity index (χ4v) is 5.68. The number of hydrogen-bond acceptors (Lipinski definition) is 2. The molecular formula is C18H26N2. The Balaban J connectivity index is 1.44. The molecule has 1 heterocycles. The van der Waals surface area contributed by atoms with Crippen LogP contribution in [-0.2, 0) is 6.54 Å². The molecule has 1 aromatic rings. The first-order valence-corrected chi connectivity index (χ1v) is 8.37. The fourth-order valence-electron chi connectivity index (χ4n) is 5.68. The number of nitrogens with one attached hydrogen (secondary N) is 1. The van der Waals surface area contributed by atoms with Gasteiger partial charge in [0.25, 0.3) is 0 Å². The van der Waals surface area contributed by atoms with Gasteiger partial charge in [-0.15, -0.1) is 0 Å². The fraction of sp³-hybridized carbons (Fsp3) is 0.722. The second kappa shape index (κ2) is 4.84. The highest BCUT2D eigenvalue weighted by Crippen LogP contribution is 2.61. The summed E-state index contributed by atoms with van der Waals surface area (Å²) in [6.45, 7) is 3.35. The molecule has 20 heavy (non-hydrogen) atoms. The first-order chi connectivity index (χ1) is 9.73. The van der Waals surface area contributed by atoms with Gasteiger partial charge in [-0.1, -0.05) is 6.07 Å². The van der Waals surface area contributed by atoms with Crippen LogP contribution in [0.1, 0.15) is 51.1 Å². The lowest BCUT2D eigenvalue weighted by Gasteiger charge is -2.59. The SMILES string of the molecule is C[C@@H](NCc1ccccn1)C12CC3CC(CC(C3)C1)C2. The van der Waals surface area contributed by atoms with E-state index in [9.17, 15) is 0 Å². The van der Waals surface area contributed by atoms with Crippen LogP contribution in [0.3, 0.4) is 0 Å². The maximum absolute atomic E-state index is 4.43. The van der Waals surface area contributed by atoms with Crippen molar-refractivity contribution >= 4 is 0 Å². The Morgan fingerprint density at radius 3 is 2.35 bits per heavy atom. The molecule has 4 bridgehead atoms. The zero-order chi connectivity index (χ0) is 13.6. The van der Waals surface area contributed by atoms with Crippen LogP contribution in [0.25, 0.3) is 0 Å². The predicted molar refractivity (Wildman–Crippen MR) is 81.1 cm³/mol. The molecule has 108 valence electrons. The lowest BCUT2D eigenvalue weighted by atomic mass is 9.48. The zero-order valence-electron chi connectivity index (χ0n) is 12.5. The Hall–Kier alpha value is -0.890. The van der Waals surface area contributed by atoms with Crippen LogP contribution < -0.4 is 5.32 Å². The van der Waals surface area contributed by atoms with Crippen LogP contribution in [0.2, 0.25) is 0 Å². The van der Waals surface area contributed by atoms with Crippen molar-refractivity contribution in [3.63, 3.8) is 0 Å². The minimum Gasteiger partial charge on any atom is -0.308 e. The highest BCUT2D eigenvalue weighted by molar-refractivity contribution is 5.07. The molecule has 0 radical (unpaired) electrons. The van der Waals surface area contributed by atoms with Gasteiger partial charge in [-0.2, -0.15) is 0 Å². The lowest BCUT2D eigenvalue weighted by molar-refractivity contribution is -0.0707. The van der Waals surface area contributed by atoms with E-state index in [4.69, 9.17) is 0 Å². The summed E-state index contributed by atoms with van der Waals surface area (Å²) < 4.78 is 0. The maximum Gasteiger partial charge on any atom is 0.0541 e. The monoisotopic (exact) mass is 270 g/mol. The van der Waals surface area contributed by atoms with Crippen molar-refractivity contribution in [1.29, 1.82) is 0 Å². The Labute approximate surface area is 122 Å². The molecule has 0 aliphatic heterocycles. The molecule has 5 rings (SSSR count). The molecule has 0 unspecified atom stereocenters. The molecule has 4 fully saturated rings. The molecule has 0 spiro atoms. The van der Waals surface area contributed by atoms with Gasteiger partial charge in [-0.25, -0.2) is 0 Å². The second-order valence-electron chi connectivity index (χ2n) is 7.70. The molecule has 4 saturated carbocycles. The molecular weight excluding hydrogens is 244 g/mol. The number of nitrogens with zero attached hydrogens (tertiary/aromatic N) is 1. The van der Waals surface area contributed by atoms with E-state index in [-0.39, 0.29) is 0 Å². The molecule has 4 aliphatic carbocycles. The molecule has 2 nitrogen and oxygen atoms in total. The van der Waals surface area contributed by atoms with Gasteiger partial charge in [0.05, 0.1) is 5.69 Å². The van der Waals surface area contributed by atoms with E-state index in [1.807, 2.05) is 12.3 Å². The van der Waals surface area contributed by atoms with Gasteiger partial charge in [0.15, 0.2) is 0 Å². The summed E-state index contributed by atoms with van der Waals surface area (Å²) in [7, 11) is 0. The van der Waals surface area contributed by atoms with Crippen molar-refractivity contribution in [2.75, 3.05) is 0 Å². The van der Waals surface area contributed by atoms with Crippen LogP contribution in [-0.4, -0.2) is 11.0 Å². The number of rotatable bonds is 4. The summed E-state index contributed by atoms with van der Waals surface area (Å²) in [6.07, 6.45) is 10.9. The maximum atomic E-state index is 4.43. The van der Waals surface area contributed by atoms with Gasteiger partial charge >= 0.3 is 0 Å². The smallest absolute Gasteiger partial charge is 0.0541 e. The summed E-state index contributed by atoms with van der Waals surface area (Å²) in [5, 5.41) is 3.79. The van der Waals surface area contributed by atoms with Gasteiger partial charge in [0.2, 0.25) is 0 Å². The first kappa shape index (κ1) is 12.8. The van der Waals surface area contributed by atoms with Crippen LogP contribution in [0.4, 0.5) is 0 Å². The Morgan fingerprint density at radius 1 is 1.15 bits per heavy atom. The van der Waals surface area contributed by atoms with Gasteiger partial charge in [-0.05, 0) is 80.8 Å². The minimum atomic E-state index is 0.601. The van der Waals surface area contributed by atoms with Crippen molar-refractivity contribution in [2.24, 2.45) is 23.2 Å². The Bertz CT molecular complexity index is 432. The minimum absolute atomic E-state index is 0.601. The highest BCUT2D eigenvalue weighted by Gasteiger charge is 2.52. The third-order valence-corrected chi connectivity index (χ3v) is 6.32. The van der Waals surface area contributed by atoms with Crippen LogP contribution in [0.15, 0.2) is 24.4 Å². The van der Waals surface area contributed by atoms with Crippen LogP contribution in [0.5, 0.6) is 0 Å². The summed E-state index contributed by atoms with van der Waals surface area (Å²) in [6, 6.07) is 6.84. The van der Waals surface area contributed by atoms with Crippen molar-refractivity contribution in [3.05, 3.63) is 30.1 Å². The van der Waals surface area contributed by atoms with Crippen molar-refractivity contribution in [3.8, 4) is 0 Å². The van der Waals surface area contributed by atoms with Gasteiger partial charge in [-0.3, -0.25) is 4.98 Å². The molecule has 0 saturated heterocycles. The molecule has 4 aliphatic rings. The van der Waals surface area contributed by atoms with Crippen LogP contribution in [0, 0.1) is 23.2 Å². The molecule has 2 heteroatoms. The topological polar surface area (TPSA) is 24.9 Å². The van der Waals surface area contributed by atoms with E-state index >= 15 is 0 Å². The van der Waals surface area contributed by atoms with Crippen molar-refractivity contribution in [1.82, 2.24) is 10.3 Å². The summed E-state index contributed by atoms with van der Waals surface area (Å²) in [5.41, 5.74) is 1.77. The van der Waals surface area contributed by atoms with E-state index in [1.54, 1.807) is 0 Å². The van der Waals surface area contributed by atoms with E-state index in [2.05, 4.69) is 29.4 Å². The van der Waals surface area contributed by atoms with Gasteiger partial charge < -0.3 is 5.32 Å². The van der Waals surface area contributed by atoms with Gasteiger partial charge in [0.1, 0.15) is 0 Å². The average Bonchev–Trinajstić information content (AvgIpc) is 2.44. The number of aromatic nitrogens is 1. The largest absolute Gasteiger partial charge is 0.308 e. The molecule has 1 N–H and O–H groups in total. The predicted octanol–water partition coefficient (Wildman–Crippen LogP) is 3.78. The van der Waals surface area contributed by atoms with E-state index in [0.717, 1.165) is 24.3 Å². The van der Waals surface area contributed by atoms with Crippen molar-refractivity contribution < 1.29 is 0 Å². The number of pyridine rings is 1. The molecule has 1 atom stereocenters. The molecule has 0 amide bonds. The molecule has 1 aromatic heterocycles. The van der Waals surface area contributed by atoms with Gasteiger partial charge in [0, 0.05) is 18.8 Å². The van der Waals surface area contributed by atoms with E-state index < -0.39 is 0 Å². The van der Waals surface area contributed by atoms with E-state index in [0.29, 0.717) is 11.5 Å².